The second-order valence-electron chi connectivity index (χ2n) is 18.1. The lowest BCUT2D eigenvalue weighted by Crippen LogP contribution is -2.72. The van der Waals surface area contributed by atoms with E-state index in [-0.39, 0.29) is 86.3 Å². The summed E-state index contributed by atoms with van der Waals surface area (Å²) in [6, 6.07) is 13.1. The molecule has 0 aromatic heterocycles. The van der Waals surface area contributed by atoms with Gasteiger partial charge in [0.05, 0.1) is 23.7 Å². The minimum Gasteiger partial charge on any atom is -0.504 e. The maximum absolute atomic E-state index is 13.6. The third-order valence-electron chi connectivity index (χ3n) is 12.5. The molecule has 8 amide bonds. The Balaban J connectivity index is 1.03. The SMILES string of the molecule is CC(=O)ON(CCCCCNC(=O)CCC(=O)N(CCCCNC(=O)c1cccc(O)c1O)CCCNC(=O)c1cccc(O)c1O)C(=O)CCC(=O)N[C@@H](C(=O)N[C@@H]1C(=O)N2C(C(=O)O)=C(Cl)CCC12)c1ccccc1. The Bertz CT molecular complexity index is 2710. The molecular formula is C52H63ClN8O16. The number of β-lactam (4-membered cyclic amide) rings is 1. The Morgan fingerprint density at radius 1 is 0.675 bits per heavy atom. The molecule has 1 saturated heterocycles. The molecule has 24 nitrogen and oxygen atoms in total. The number of hydroxylamine groups is 2. The van der Waals surface area contributed by atoms with Gasteiger partial charge in [0.25, 0.3) is 23.6 Å². The Hall–Kier alpha value is -8.41. The summed E-state index contributed by atoms with van der Waals surface area (Å²) in [6.45, 7) is 1.99. The first-order chi connectivity index (χ1) is 36.8. The Morgan fingerprint density at radius 2 is 1.23 bits per heavy atom. The fraction of sp³-hybridized carbons (Fsp3) is 0.423. The van der Waals surface area contributed by atoms with Gasteiger partial charge in [0.1, 0.15) is 17.8 Å². The number of hydrogen-bond acceptors (Lipinski definition) is 15. The van der Waals surface area contributed by atoms with Crippen LogP contribution in [0.3, 0.4) is 0 Å². The van der Waals surface area contributed by atoms with Gasteiger partial charge in [0.15, 0.2) is 23.0 Å². The van der Waals surface area contributed by atoms with Crippen molar-refractivity contribution in [3.8, 4) is 23.0 Å². The van der Waals surface area contributed by atoms with Crippen molar-refractivity contribution in [3.63, 3.8) is 0 Å². The second-order valence-corrected chi connectivity index (χ2v) is 18.5. The summed E-state index contributed by atoms with van der Waals surface area (Å²) < 4.78 is 0. The number of halogens is 1. The maximum Gasteiger partial charge on any atom is 0.353 e. The number of fused-ring (bicyclic) bond motifs is 1. The molecule has 1 unspecified atom stereocenters. The fourth-order valence-electron chi connectivity index (χ4n) is 8.49. The van der Waals surface area contributed by atoms with Crippen LogP contribution in [-0.4, -0.2) is 151 Å². The van der Waals surface area contributed by atoms with Crippen molar-refractivity contribution in [2.75, 3.05) is 39.3 Å². The number of carbonyl (C=O) groups is 10. The fourth-order valence-corrected chi connectivity index (χ4v) is 8.77. The predicted molar refractivity (Wildman–Crippen MR) is 273 cm³/mol. The number of aromatic hydroxyl groups is 4. The lowest BCUT2D eigenvalue weighted by molar-refractivity contribution is -0.196. The van der Waals surface area contributed by atoms with E-state index in [1.54, 1.807) is 30.3 Å². The number of unbranched alkanes of at least 4 members (excludes halogenated alkanes) is 3. The summed E-state index contributed by atoms with van der Waals surface area (Å²) in [7, 11) is 0. The van der Waals surface area contributed by atoms with Gasteiger partial charge < -0.3 is 61.9 Å². The highest BCUT2D eigenvalue weighted by molar-refractivity contribution is 6.32. The molecule has 77 heavy (non-hydrogen) atoms. The first kappa shape index (κ1) is 59.5. The molecule has 414 valence electrons. The van der Waals surface area contributed by atoms with Crippen LogP contribution in [0.15, 0.2) is 77.5 Å². The largest absolute Gasteiger partial charge is 0.504 e. The molecular weight excluding hydrogens is 1030 g/mol. The molecule has 3 atom stereocenters. The molecule has 3 aromatic carbocycles. The zero-order valence-corrected chi connectivity index (χ0v) is 43.0. The minimum absolute atomic E-state index is 0.0246. The number of hydrogen-bond donors (Lipinski definition) is 10. The van der Waals surface area contributed by atoms with Gasteiger partial charge in [0.2, 0.25) is 23.6 Å². The van der Waals surface area contributed by atoms with E-state index in [1.807, 2.05) is 0 Å². The highest BCUT2D eigenvalue weighted by Gasteiger charge is 2.53. The Labute approximate surface area is 447 Å². The number of allylic oxidation sites excluding steroid dienone is 1. The number of carbonyl (C=O) groups excluding carboxylic acids is 9. The average Bonchev–Trinajstić information content (AvgIpc) is 3.41. The van der Waals surface area contributed by atoms with Crippen molar-refractivity contribution in [2.24, 2.45) is 0 Å². The van der Waals surface area contributed by atoms with E-state index >= 15 is 0 Å². The number of nitrogens with one attached hydrogen (secondary N) is 5. The first-order valence-corrected chi connectivity index (χ1v) is 25.4. The molecule has 0 aliphatic carbocycles. The summed E-state index contributed by atoms with van der Waals surface area (Å²) in [4.78, 5) is 136. The molecule has 0 spiro atoms. The number of aliphatic carboxylic acids is 1. The number of carboxylic acid groups (broad SMARTS) is 1. The molecule has 2 aliphatic heterocycles. The number of nitrogens with zero attached hydrogens (tertiary/aromatic N) is 3. The van der Waals surface area contributed by atoms with Crippen LogP contribution in [-0.2, 0) is 43.2 Å². The van der Waals surface area contributed by atoms with Crippen LogP contribution in [0.5, 0.6) is 23.0 Å². The second kappa shape index (κ2) is 29.0. The van der Waals surface area contributed by atoms with Gasteiger partial charge >= 0.3 is 11.9 Å². The van der Waals surface area contributed by atoms with E-state index in [1.165, 1.54) is 41.3 Å². The van der Waals surface area contributed by atoms with Crippen molar-refractivity contribution in [2.45, 2.75) is 102 Å². The number of para-hydroxylation sites is 2. The van der Waals surface area contributed by atoms with Gasteiger partial charge in [-0.25, -0.2) is 4.79 Å². The molecule has 2 heterocycles. The number of amides is 8. The van der Waals surface area contributed by atoms with Gasteiger partial charge in [-0.05, 0) is 81.2 Å². The summed E-state index contributed by atoms with van der Waals surface area (Å²) in [6.07, 6.45) is 1.77. The van der Waals surface area contributed by atoms with Crippen LogP contribution in [0.25, 0.3) is 0 Å². The summed E-state index contributed by atoms with van der Waals surface area (Å²) in [5.41, 5.74) is -0.208. The zero-order chi connectivity index (χ0) is 56.2. The predicted octanol–water partition coefficient (Wildman–Crippen LogP) is 2.70. The summed E-state index contributed by atoms with van der Waals surface area (Å²) in [5.74, 6) is -8.98. The molecule has 1 fully saturated rings. The minimum atomic E-state index is -1.37. The number of phenols is 4. The molecule has 0 radical (unpaired) electrons. The molecule has 0 bridgehead atoms. The third kappa shape index (κ3) is 17.1. The third-order valence-corrected chi connectivity index (χ3v) is 12.9. The van der Waals surface area contributed by atoms with Crippen LogP contribution in [0.2, 0.25) is 0 Å². The zero-order valence-electron chi connectivity index (χ0n) is 42.3. The lowest BCUT2D eigenvalue weighted by atomic mass is 9.86. The molecule has 0 saturated carbocycles. The van der Waals surface area contributed by atoms with E-state index in [9.17, 15) is 73.5 Å². The number of benzene rings is 3. The van der Waals surface area contributed by atoms with Crippen LogP contribution in [0.1, 0.15) is 116 Å². The van der Waals surface area contributed by atoms with Crippen LogP contribution in [0.4, 0.5) is 0 Å². The van der Waals surface area contributed by atoms with E-state index in [0.717, 1.165) is 16.9 Å². The molecule has 10 N–H and O–H groups in total. The van der Waals surface area contributed by atoms with E-state index in [2.05, 4.69) is 26.6 Å². The van der Waals surface area contributed by atoms with Gasteiger partial charge in [-0.2, -0.15) is 5.06 Å². The number of carboxylic acids is 1. The molecule has 2 aliphatic rings. The smallest absolute Gasteiger partial charge is 0.353 e. The standard InChI is InChI=1S/C52H63ClN8O16/c1-31(62)77-60(42(68)24-22-40(66)57-43(32-13-4-2-5-14-32)50(73)58-44-36-20-19-35(53)45(52(75)76)61(36)51(44)74)30-8-3-6-25-54-39(65)21-23-41(67)59(29-12-27-56-49(72)34-16-11-18-38(64)47(34)70)28-9-7-26-55-48(71)33-15-10-17-37(63)46(33)69/h2,4-5,10-11,13-18,36,43-44,63-64,69-70H,3,6-9,12,19-30H2,1H3,(H,54,65)(H,55,71)(H,56,72)(H,57,66)(H,58,73)(H,75,76)/t36?,43-,44+/m1/s1. The highest BCUT2D eigenvalue weighted by atomic mass is 35.5. The Morgan fingerprint density at radius 3 is 1.86 bits per heavy atom. The molecule has 5 rings (SSSR count). The van der Waals surface area contributed by atoms with Crippen molar-refractivity contribution in [1.29, 1.82) is 0 Å². The van der Waals surface area contributed by atoms with Crippen molar-refractivity contribution >= 4 is 70.8 Å². The maximum atomic E-state index is 13.6. The van der Waals surface area contributed by atoms with Crippen LogP contribution < -0.4 is 26.6 Å². The first-order valence-electron chi connectivity index (χ1n) is 25.0. The van der Waals surface area contributed by atoms with E-state index < -0.39 is 107 Å². The lowest BCUT2D eigenvalue weighted by Gasteiger charge is -2.49. The summed E-state index contributed by atoms with van der Waals surface area (Å²) >= 11 is 6.08. The average molecular weight is 1090 g/mol. The monoisotopic (exact) mass is 1090 g/mol. The Kier molecular flexibility index (Phi) is 22.4. The topological polar surface area (TPSA) is 351 Å². The quantitative estimate of drug-likeness (QED) is 0.0216. The highest BCUT2D eigenvalue weighted by Crippen LogP contribution is 2.38. The van der Waals surface area contributed by atoms with Crippen LogP contribution in [0, 0.1) is 0 Å². The number of phenolic OH excluding ortho intramolecular Hbond substituents is 4. The number of rotatable bonds is 28. The van der Waals surface area contributed by atoms with Crippen molar-refractivity contribution in [3.05, 3.63) is 94.1 Å². The van der Waals surface area contributed by atoms with Crippen LogP contribution >= 0.6 is 11.6 Å². The van der Waals surface area contributed by atoms with Gasteiger partial charge in [-0.3, -0.25) is 48.1 Å². The van der Waals surface area contributed by atoms with Crippen molar-refractivity contribution < 1.29 is 78.3 Å². The van der Waals surface area contributed by atoms with E-state index in [0.29, 0.717) is 50.5 Å². The molecule has 3 aromatic rings. The summed E-state index contributed by atoms with van der Waals surface area (Å²) in [5, 5.41) is 63.2. The van der Waals surface area contributed by atoms with E-state index in [4.69, 9.17) is 16.4 Å². The van der Waals surface area contributed by atoms with Gasteiger partial charge in [0, 0.05) is 70.4 Å². The van der Waals surface area contributed by atoms with Crippen molar-refractivity contribution in [1.82, 2.24) is 41.4 Å². The molecule has 25 heteroatoms. The normalized spacial score (nSPS) is 14.9. The van der Waals surface area contributed by atoms with Gasteiger partial charge in [-0.15, -0.1) is 0 Å². The van der Waals surface area contributed by atoms with Gasteiger partial charge in [-0.1, -0.05) is 54.1 Å².